The molecular weight excluding hydrogens is 621 g/mol. The van der Waals surface area contributed by atoms with Gasteiger partial charge in [-0.15, -0.1) is 0 Å². The lowest BCUT2D eigenvalue weighted by Gasteiger charge is -2.26. The number of hydrogen-bond acceptors (Lipinski definition) is 2. The van der Waals surface area contributed by atoms with Gasteiger partial charge in [-0.05, 0) is 89.0 Å². The molecule has 3 nitrogen and oxygen atoms in total. The number of benzene rings is 8. The van der Waals surface area contributed by atoms with Crippen molar-refractivity contribution in [1.29, 1.82) is 0 Å². The number of hydrogen-bond donors (Lipinski definition) is 0. The summed E-state index contributed by atoms with van der Waals surface area (Å²) in [7, 11) is 0. The van der Waals surface area contributed by atoms with Crippen molar-refractivity contribution in [2.75, 3.05) is 4.90 Å². The first-order valence-electron chi connectivity index (χ1n) is 17.3. The number of anilines is 3. The largest absolute Gasteiger partial charge is 0.456 e. The molecule has 0 aliphatic rings. The maximum absolute atomic E-state index is 6.37. The third-order valence-corrected chi connectivity index (χ3v) is 9.98. The second-order valence-corrected chi connectivity index (χ2v) is 13.0. The second-order valence-electron chi connectivity index (χ2n) is 13.0. The molecule has 10 rings (SSSR count). The Hall–Kier alpha value is -6.84. The summed E-state index contributed by atoms with van der Waals surface area (Å²) in [6.07, 6.45) is 0. The molecule has 0 radical (unpaired) electrons. The minimum atomic E-state index is 0.870. The number of rotatable bonds is 6. The smallest absolute Gasteiger partial charge is 0.137 e. The molecule has 0 fully saturated rings. The van der Waals surface area contributed by atoms with Crippen molar-refractivity contribution in [3.05, 3.63) is 194 Å². The van der Waals surface area contributed by atoms with Crippen LogP contribution in [0, 0.1) is 0 Å². The van der Waals surface area contributed by atoms with E-state index in [-0.39, 0.29) is 0 Å². The molecule has 0 N–H and O–H groups in total. The molecule has 2 aromatic heterocycles. The van der Waals surface area contributed by atoms with Gasteiger partial charge < -0.3 is 13.9 Å². The second kappa shape index (κ2) is 11.9. The third kappa shape index (κ3) is 4.98. The van der Waals surface area contributed by atoms with Gasteiger partial charge in [-0.3, -0.25) is 0 Å². The van der Waals surface area contributed by atoms with E-state index in [1.165, 1.54) is 32.9 Å². The average molecular weight is 653 g/mol. The molecule has 0 atom stereocenters. The van der Waals surface area contributed by atoms with Gasteiger partial charge in [-0.1, -0.05) is 121 Å². The van der Waals surface area contributed by atoms with Gasteiger partial charge in [0.1, 0.15) is 11.2 Å². The van der Waals surface area contributed by atoms with E-state index >= 15 is 0 Å². The van der Waals surface area contributed by atoms with Crippen molar-refractivity contribution in [3.8, 4) is 27.9 Å². The lowest BCUT2D eigenvalue weighted by molar-refractivity contribution is 0.669. The van der Waals surface area contributed by atoms with E-state index in [4.69, 9.17) is 4.42 Å². The zero-order valence-corrected chi connectivity index (χ0v) is 27.8. The van der Waals surface area contributed by atoms with Crippen LogP contribution in [0.5, 0.6) is 0 Å². The number of para-hydroxylation sites is 3. The van der Waals surface area contributed by atoms with Crippen LogP contribution in [-0.4, -0.2) is 4.57 Å². The van der Waals surface area contributed by atoms with Gasteiger partial charge in [0.2, 0.25) is 0 Å². The fourth-order valence-electron chi connectivity index (χ4n) is 7.56. The molecule has 0 amide bonds. The van der Waals surface area contributed by atoms with Crippen LogP contribution in [0.15, 0.2) is 199 Å². The Bertz CT molecular complexity index is 2850. The average Bonchev–Trinajstić information content (AvgIpc) is 3.74. The van der Waals surface area contributed by atoms with Gasteiger partial charge in [0, 0.05) is 50.4 Å². The predicted molar refractivity (Wildman–Crippen MR) is 214 cm³/mol. The van der Waals surface area contributed by atoms with Crippen LogP contribution < -0.4 is 4.90 Å². The van der Waals surface area contributed by atoms with Crippen molar-refractivity contribution in [2.24, 2.45) is 0 Å². The molecule has 0 spiro atoms. The first-order chi connectivity index (χ1) is 25.3. The maximum Gasteiger partial charge on any atom is 0.137 e. The monoisotopic (exact) mass is 652 g/mol. The fraction of sp³-hybridized carbons (Fsp3) is 0. The summed E-state index contributed by atoms with van der Waals surface area (Å²) in [5.74, 6) is 0. The highest BCUT2D eigenvalue weighted by atomic mass is 16.3. The molecule has 0 saturated carbocycles. The summed E-state index contributed by atoms with van der Waals surface area (Å²) >= 11 is 0. The zero-order valence-electron chi connectivity index (χ0n) is 27.8. The van der Waals surface area contributed by atoms with Gasteiger partial charge in [0.25, 0.3) is 0 Å². The molecule has 0 aliphatic carbocycles. The number of furan rings is 1. The Morgan fingerprint density at radius 1 is 0.333 bits per heavy atom. The number of aromatic nitrogens is 1. The molecule has 3 heteroatoms. The van der Waals surface area contributed by atoms with Gasteiger partial charge in [0.05, 0.1) is 11.0 Å². The lowest BCUT2D eigenvalue weighted by atomic mass is 10.0. The van der Waals surface area contributed by atoms with Gasteiger partial charge in [-0.2, -0.15) is 0 Å². The van der Waals surface area contributed by atoms with Crippen molar-refractivity contribution in [3.63, 3.8) is 0 Å². The van der Waals surface area contributed by atoms with E-state index in [2.05, 4.69) is 191 Å². The van der Waals surface area contributed by atoms with Crippen LogP contribution >= 0.6 is 0 Å². The van der Waals surface area contributed by atoms with Crippen LogP contribution in [0.1, 0.15) is 0 Å². The van der Waals surface area contributed by atoms with E-state index in [1.807, 2.05) is 12.1 Å². The topological polar surface area (TPSA) is 21.3 Å². The van der Waals surface area contributed by atoms with E-state index in [1.54, 1.807) is 0 Å². The Morgan fingerprint density at radius 2 is 0.902 bits per heavy atom. The highest BCUT2D eigenvalue weighted by Crippen LogP contribution is 2.41. The van der Waals surface area contributed by atoms with Crippen LogP contribution in [-0.2, 0) is 0 Å². The van der Waals surface area contributed by atoms with Gasteiger partial charge in [0.15, 0.2) is 0 Å². The number of fused-ring (bicyclic) bond motifs is 6. The maximum atomic E-state index is 6.37. The summed E-state index contributed by atoms with van der Waals surface area (Å²) in [5.41, 5.74) is 13.2. The number of nitrogens with zero attached hydrogens (tertiary/aromatic N) is 2. The first kappa shape index (κ1) is 29.1. The first-order valence-corrected chi connectivity index (χ1v) is 17.3. The van der Waals surface area contributed by atoms with E-state index in [0.29, 0.717) is 0 Å². The van der Waals surface area contributed by atoms with Gasteiger partial charge >= 0.3 is 0 Å². The van der Waals surface area contributed by atoms with Crippen molar-refractivity contribution >= 4 is 60.8 Å². The Labute approximate surface area is 295 Å². The summed E-state index contributed by atoms with van der Waals surface area (Å²) in [5, 5.41) is 4.74. The molecule has 0 aliphatic heterocycles. The molecule has 240 valence electrons. The predicted octanol–water partition coefficient (Wildman–Crippen LogP) is 13.5. The van der Waals surface area contributed by atoms with Crippen LogP contribution in [0.2, 0.25) is 0 Å². The molecule has 0 unspecified atom stereocenters. The lowest BCUT2D eigenvalue weighted by Crippen LogP contribution is -2.10. The van der Waals surface area contributed by atoms with Crippen LogP contribution in [0.3, 0.4) is 0 Å². The Balaban J connectivity index is 1.13. The minimum Gasteiger partial charge on any atom is -0.456 e. The summed E-state index contributed by atoms with van der Waals surface area (Å²) in [6, 6.07) is 69.2. The fourth-order valence-corrected chi connectivity index (χ4v) is 7.56. The zero-order chi connectivity index (χ0) is 33.7. The molecule has 51 heavy (non-hydrogen) atoms. The van der Waals surface area contributed by atoms with Crippen molar-refractivity contribution in [2.45, 2.75) is 0 Å². The molecular formula is C48H32N2O. The molecule has 10 aromatic rings. The normalized spacial score (nSPS) is 11.5. The summed E-state index contributed by atoms with van der Waals surface area (Å²) < 4.78 is 8.75. The summed E-state index contributed by atoms with van der Waals surface area (Å²) in [4.78, 5) is 2.32. The quantitative estimate of drug-likeness (QED) is 0.178. The third-order valence-electron chi connectivity index (χ3n) is 9.98. The molecule has 2 heterocycles. The Morgan fingerprint density at radius 3 is 1.75 bits per heavy atom. The van der Waals surface area contributed by atoms with Crippen molar-refractivity contribution < 1.29 is 4.42 Å². The van der Waals surface area contributed by atoms with Gasteiger partial charge in [-0.25, -0.2) is 0 Å². The van der Waals surface area contributed by atoms with Crippen LogP contribution in [0.25, 0.3) is 71.7 Å². The van der Waals surface area contributed by atoms with Crippen LogP contribution in [0.4, 0.5) is 17.1 Å². The minimum absolute atomic E-state index is 0.870. The SMILES string of the molecule is c1ccc(-c2ccc(N(c3cccc(-c4ccc5c6ccccc6n(-c6ccccc6)c5c4)c3)c3ccc4c(c3)oc3ccccc34)cc2)cc1. The summed E-state index contributed by atoms with van der Waals surface area (Å²) in [6.45, 7) is 0. The molecule has 0 bridgehead atoms. The highest BCUT2D eigenvalue weighted by molar-refractivity contribution is 6.10. The molecule has 0 saturated heterocycles. The Kier molecular flexibility index (Phi) is 6.81. The highest BCUT2D eigenvalue weighted by Gasteiger charge is 2.18. The van der Waals surface area contributed by atoms with E-state index < -0.39 is 0 Å². The van der Waals surface area contributed by atoms with E-state index in [9.17, 15) is 0 Å². The van der Waals surface area contributed by atoms with Crippen molar-refractivity contribution in [1.82, 2.24) is 4.57 Å². The standard InChI is InChI=1S/C48H32N2O/c1-3-12-33(13-4-1)34-22-25-38(26-23-34)49(40-27-29-44-43-19-8-10-21-47(43)51-48(44)32-40)39-17-11-14-35(30-39)36-24-28-42-41-18-7-9-20-45(41)50(46(42)31-36)37-15-5-2-6-16-37/h1-32H. The van der Waals surface area contributed by atoms with E-state index in [0.717, 1.165) is 55.8 Å². The molecule has 8 aromatic carbocycles.